The van der Waals surface area contributed by atoms with E-state index in [0.29, 0.717) is 42.6 Å². The molecule has 1 fully saturated rings. The second kappa shape index (κ2) is 10.6. The van der Waals surface area contributed by atoms with Crippen LogP contribution in [0.1, 0.15) is 58.8 Å². The van der Waals surface area contributed by atoms with E-state index in [4.69, 9.17) is 9.47 Å². The number of carbonyl (C=O) groups is 1. The van der Waals surface area contributed by atoms with Gasteiger partial charge in [0.25, 0.3) is 0 Å². The highest BCUT2D eigenvalue weighted by atomic mass is 19.4. The molecule has 2 aromatic rings. The number of esters is 1. The molecule has 2 aromatic carbocycles. The van der Waals surface area contributed by atoms with Crippen molar-refractivity contribution < 1.29 is 32.5 Å². The zero-order valence-corrected chi connectivity index (χ0v) is 17.8. The highest BCUT2D eigenvalue weighted by Crippen LogP contribution is 2.34. The number of aryl methyl sites for hydroxylation is 1. The molecule has 3 rings (SSSR count). The summed E-state index contributed by atoms with van der Waals surface area (Å²) in [5.74, 6) is 5.10. The summed E-state index contributed by atoms with van der Waals surface area (Å²) < 4.78 is 50.6. The van der Waals surface area contributed by atoms with E-state index in [1.807, 2.05) is 0 Å². The van der Waals surface area contributed by atoms with Crippen LogP contribution in [0.25, 0.3) is 0 Å². The second-order valence-electron chi connectivity index (χ2n) is 7.69. The Balaban J connectivity index is 1.84. The minimum absolute atomic E-state index is 0.233. The van der Waals surface area contributed by atoms with Crippen LogP contribution < -0.4 is 0 Å². The van der Waals surface area contributed by atoms with Crippen molar-refractivity contribution in [3.8, 4) is 17.6 Å². The molecule has 1 aliphatic rings. The van der Waals surface area contributed by atoms with Gasteiger partial charge in [0, 0.05) is 24.3 Å². The van der Waals surface area contributed by atoms with E-state index in [1.165, 1.54) is 18.9 Å². The average Bonchev–Trinajstić information content (AvgIpc) is 3.57. The van der Waals surface area contributed by atoms with Crippen LogP contribution in [0.2, 0.25) is 0 Å². The zero-order valence-electron chi connectivity index (χ0n) is 17.8. The summed E-state index contributed by atoms with van der Waals surface area (Å²) in [5.41, 5.74) is 0.408. The molecule has 7 heteroatoms. The van der Waals surface area contributed by atoms with Crippen molar-refractivity contribution in [3.63, 3.8) is 0 Å². The summed E-state index contributed by atoms with van der Waals surface area (Å²) >= 11 is 0. The van der Waals surface area contributed by atoms with Crippen molar-refractivity contribution in [2.45, 2.75) is 38.8 Å². The van der Waals surface area contributed by atoms with Gasteiger partial charge in [0.2, 0.25) is 0 Å². The smallest absolute Gasteiger partial charge is 0.417 e. The highest BCUT2D eigenvalue weighted by molar-refractivity contribution is 5.89. The molecule has 0 aromatic heterocycles. The van der Waals surface area contributed by atoms with E-state index < -0.39 is 23.5 Å². The Kier molecular flexibility index (Phi) is 7.81. The molecule has 170 valence electrons. The van der Waals surface area contributed by atoms with Crippen LogP contribution in [0, 0.1) is 17.8 Å². The predicted octanol–water partition coefficient (Wildman–Crippen LogP) is 5.35. The van der Waals surface area contributed by atoms with Gasteiger partial charge in [0.1, 0.15) is 5.75 Å². The van der Waals surface area contributed by atoms with Crippen LogP contribution in [0.15, 0.2) is 36.4 Å². The first-order chi connectivity index (χ1) is 15.3. The molecule has 4 nitrogen and oxygen atoms in total. The number of aromatic hydroxyl groups is 1. The van der Waals surface area contributed by atoms with Gasteiger partial charge in [-0.2, -0.15) is 13.2 Å². The summed E-state index contributed by atoms with van der Waals surface area (Å²) in [6, 6.07) is 7.81. The van der Waals surface area contributed by atoms with Crippen molar-refractivity contribution in [1.29, 1.82) is 0 Å². The maximum Gasteiger partial charge on any atom is 0.417 e. The van der Waals surface area contributed by atoms with Crippen molar-refractivity contribution in [3.05, 3.63) is 64.2 Å². The number of alkyl halides is 3. The van der Waals surface area contributed by atoms with Gasteiger partial charge in [0.15, 0.2) is 0 Å². The van der Waals surface area contributed by atoms with Gasteiger partial charge in [0.05, 0.1) is 17.7 Å². The molecular weight excluding hydrogens is 421 g/mol. The van der Waals surface area contributed by atoms with E-state index >= 15 is 0 Å². The number of benzene rings is 2. The van der Waals surface area contributed by atoms with Gasteiger partial charge in [-0.25, -0.2) is 4.79 Å². The van der Waals surface area contributed by atoms with Crippen molar-refractivity contribution >= 4 is 5.97 Å². The highest BCUT2D eigenvalue weighted by Gasteiger charge is 2.33. The second-order valence-corrected chi connectivity index (χ2v) is 7.69. The number of hydrogen-bond acceptors (Lipinski definition) is 4. The SMILES string of the molecule is CCOC(=O)c1ccc(C#Cc2ccc(O)cc2C(F)(F)F)c(CCCOCC2CC2)c1. The fourth-order valence-corrected chi connectivity index (χ4v) is 3.17. The van der Waals surface area contributed by atoms with Crippen LogP contribution >= 0.6 is 0 Å². The lowest BCUT2D eigenvalue weighted by Gasteiger charge is -2.10. The lowest BCUT2D eigenvalue weighted by Crippen LogP contribution is -2.08. The number of rotatable bonds is 8. The molecule has 1 N–H and O–H groups in total. The summed E-state index contributed by atoms with van der Waals surface area (Å²) in [5, 5.41) is 9.43. The predicted molar refractivity (Wildman–Crippen MR) is 113 cm³/mol. The normalized spacial score (nSPS) is 13.4. The van der Waals surface area contributed by atoms with Crippen molar-refractivity contribution in [1.82, 2.24) is 0 Å². The molecule has 0 amide bonds. The van der Waals surface area contributed by atoms with Crippen LogP contribution in [0.3, 0.4) is 0 Å². The Morgan fingerprint density at radius 3 is 2.53 bits per heavy atom. The first-order valence-electron chi connectivity index (χ1n) is 10.6. The molecule has 0 radical (unpaired) electrons. The fraction of sp³-hybridized carbons (Fsp3) is 0.400. The average molecular weight is 446 g/mol. The number of ether oxygens (including phenoxy) is 2. The lowest BCUT2D eigenvalue weighted by atomic mass is 9.99. The molecule has 1 aliphatic carbocycles. The molecule has 0 heterocycles. The van der Waals surface area contributed by atoms with Gasteiger partial charge in [-0.1, -0.05) is 11.8 Å². The Bertz CT molecular complexity index is 1010. The Hall–Kier alpha value is -2.98. The molecule has 0 bridgehead atoms. The van der Waals surface area contributed by atoms with Crippen LogP contribution in [-0.2, 0) is 22.1 Å². The Morgan fingerprint density at radius 2 is 1.84 bits per heavy atom. The lowest BCUT2D eigenvalue weighted by molar-refractivity contribution is -0.137. The number of halogens is 3. The summed E-state index contributed by atoms with van der Waals surface area (Å²) in [4.78, 5) is 12.1. The third-order valence-corrected chi connectivity index (χ3v) is 5.04. The van der Waals surface area contributed by atoms with E-state index in [0.717, 1.165) is 18.2 Å². The molecule has 0 spiro atoms. The van der Waals surface area contributed by atoms with Crippen LogP contribution in [0.4, 0.5) is 13.2 Å². The molecular formula is C25H25F3O4. The van der Waals surface area contributed by atoms with Gasteiger partial charge >= 0.3 is 12.1 Å². The molecule has 0 saturated heterocycles. The number of hydrogen-bond donors (Lipinski definition) is 1. The third kappa shape index (κ3) is 6.76. The molecule has 32 heavy (non-hydrogen) atoms. The van der Waals surface area contributed by atoms with Gasteiger partial charge < -0.3 is 14.6 Å². The monoisotopic (exact) mass is 446 g/mol. The molecule has 0 unspecified atom stereocenters. The first kappa shape index (κ1) is 23.7. The largest absolute Gasteiger partial charge is 0.508 e. The van der Waals surface area contributed by atoms with Gasteiger partial charge in [-0.15, -0.1) is 0 Å². The van der Waals surface area contributed by atoms with E-state index in [9.17, 15) is 23.1 Å². The topological polar surface area (TPSA) is 55.8 Å². The summed E-state index contributed by atoms with van der Waals surface area (Å²) in [6.07, 6.45) is -0.973. The van der Waals surface area contributed by atoms with E-state index in [1.54, 1.807) is 25.1 Å². The quantitative estimate of drug-likeness (QED) is 0.338. The molecule has 1 saturated carbocycles. The maximum atomic E-state index is 13.3. The van der Waals surface area contributed by atoms with Crippen LogP contribution in [-0.4, -0.2) is 30.9 Å². The Labute approximate surface area is 185 Å². The number of phenols is 1. The maximum absolute atomic E-state index is 13.3. The van der Waals surface area contributed by atoms with E-state index in [-0.39, 0.29) is 12.2 Å². The zero-order chi connectivity index (χ0) is 23.1. The van der Waals surface area contributed by atoms with Crippen molar-refractivity contribution in [2.24, 2.45) is 5.92 Å². The summed E-state index contributed by atoms with van der Waals surface area (Å²) in [6.45, 7) is 3.26. The summed E-state index contributed by atoms with van der Waals surface area (Å²) in [7, 11) is 0. The standard InChI is InChI=1S/C25H25F3O4/c1-2-32-24(30)21-10-8-18(20(14-21)4-3-13-31-16-17-5-6-17)7-9-19-11-12-22(29)15-23(19)25(26,27)28/h8,10-12,14-15,17,29H,2-6,13,16H2,1H3. The van der Waals surface area contributed by atoms with Crippen LogP contribution in [0.5, 0.6) is 5.75 Å². The number of phenolic OH excluding ortho intramolecular Hbond substituents is 1. The van der Waals surface area contributed by atoms with Gasteiger partial charge in [-0.05, 0) is 80.5 Å². The van der Waals surface area contributed by atoms with Gasteiger partial charge in [-0.3, -0.25) is 0 Å². The minimum Gasteiger partial charge on any atom is -0.508 e. The third-order valence-electron chi connectivity index (χ3n) is 5.04. The molecule has 0 aliphatic heterocycles. The fourth-order valence-electron chi connectivity index (χ4n) is 3.17. The first-order valence-corrected chi connectivity index (χ1v) is 10.6. The minimum atomic E-state index is -4.64. The number of carbonyl (C=O) groups excluding carboxylic acids is 1. The van der Waals surface area contributed by atoms with E-state index in [2.05, 4.69) is 11.8 Å². The molecule has 0 atom stereocenters. The van der Waals surface area contributed by atoms with Crippen molar-refractivity contribution in [2.75, 3.05) is 19.8 Å². The Morgan fingerprint density at radius 1 is 1.12 bits per heavy atom.